The van der Waals surface area contributed by atoms with Crippen molar-refractivity contribution in [3.8, 4) is 46.0 Å². The Balaban J connectivity index is 1.73. The summed E-state index contributed by atoms with van der Waals surface area (Å²) in [4.78, 5) is 50.5. The van der Waals surface area contributed by atoms with E-state index in [1.54, 1.807) is 0 Å². The van der Waals surface area contributed by atoms with Gasteiger partial charge < -0.3 is 60.5 Å². The van der Waals surface area contributed by atoms with Crippen LogP contribution in [-0.4, -0.2) is 87.2 Å². The fourth-order valence-electron chi connectivity index (χ4n) is 4.76. The average Bonchev–Trinajstić information content (AvgIpc) is 3.08. The van der Waals surface area contributed by atoms with E-state index in [1.807, 2.05) is 0 Å². The summed E-state index contributed by atoms with van der Waals surface area (Å²) in [7, 11) is 0. The largest absolute Gasteiger partial charge is 0.504 e. The van der Waals surface area contributed by atoms with E-state index in [2.05, 4.69) is 0 Å². The number of carboxylic acids is 2. The van der Waals surface area contributed by atoms with Crippen molar-refractivity contribution in [1.29, 1.82) is 0 Å². The first-order valence-electron chi connectivity index (χ1n) is 14.9. The van der Waals surface area contributed by atoms with Crippen LogP contribution in [0.5, 0.6) is 46.0 Å². The number of carboxylic acid groups (broad SMARTS) is 2. The Morgan fingerprint density at radius 3 is 1.56 bits per heavy atom. The minimum absolute atomic E-state index is 0.000712. The summed E-state index contributed by atoms with van der Waals surface area (Å²) in [6, 6.07) is 12.3. The van der Waals surface area contributed by atoms with Crippen LogP contribution in [0.15, 0.2) is 72.8 Å². The summed E-state index contributed by atoms with van der Waals surface area (Å²) in [5.41, 5.74) is -1.03. The Hall–Kier alpha value is -7.36. The molecule has 0 saturated carbocycles. The molecule has 52 heavy (non-hydrogen) atoms. The van der Waals surface area contributed by atoms with E-state index < -0.39 is 106 Å². The maximum absolute atomic E-state index is 13.8. The molecule has 4 rings (SSSR count). The van der Waals surface area contributed by atoms with E-state index in [0.717, 1.165) is 66.8 Å². The lowest BCUT2D eigenvalue weighted by Crippen LogP contribution is -2.29. The van der Waals surface area contributed by atoms with Crippen molar-refractivity contribution >= 4 is 41.6 Å². The van der Waals surface area contributed by atoms with Crippen LogP contribution in [0, 0.1) is 0 Å². The van der Waals surface area contributed by atoms with E-state index in [-0.39, 0.29) is 22.3 Å². The second-order valence-electron chi connectivity index (χ2n) is 11.1. The number of benzene rings is 4. The molecule has 0 bridgehead atoms. The molecule has 16 nitrogen and oxygen atoms in total. The normalized spacial score (nSPS) is 12.6. The van der Waals surface area contributed by atoms with Gasteiger partial charge in [-0.1, -0.05) is 24.3 Å². The quantitative estimate of drug-likeness (QED) is 0.0410. The molecule has 0 aliphatic rings. The molecule has 270 valence electrons. The third kappa shape index (κ3) is 9.20. The lowest BCUT2D eigenvalue weighted by molar-refractivity contribution is -0.160. The van der Waals surface area contributed by atoms with E-state index in [1.165, 1.54) is 18.2 Å². The van der Waals surface area contributed by atoms with Crippen LogP contribution in [0.4, 0.5) is 0 Å². The molecule has 4 aromatic carbocycles. The van der Waals surface area contributed by atoms with Crippen LogP contribution in [0.3, 0.4) is 0 Å². The van der Waals surface area contributed by atoms with Gasteiger partial charge in [0.15, 0.2) is 46.0 Å². The zero-order valence-corrected chi connectivity index (χ0v) is 26.6. The fourth-order valence-corrected chi connectivity index (χ4v) is 4.76. The molecule has 0 radical (unpaired) electrons. The maximum atomic E-state index is 13.8. The highest BCUT2D eigenvalue weighted by Gasteiger charge is 2.29. The smallest absolute Gasteiger partial charge is 0.345 e. The third-order valence-electron chi connectivity index (χ3n) is 7.37. The Bertz CT molecular complexity index is 2100. The first-order chi connectivity index (χ1) is 24.5. The number of carbonyl (C=O) groups excluding carboxylic acids is 2. The van der Waals surface area contributed by atoms with E-state index in [4.69, 9.17) is 9.47 Å². The summed E-state index contributed by atoms with van der Waals surface area (Å²) in [5.74, 6) is -10.8. The Kier molecular flexibility index (Phi) is 11.5. The first kappa shape index (κ1) is 37.5. The minimum Gasteiger partial charge on any atom is -0.504 e. The van der Waals surface area contributed by atoms with Gasteiger partial charge in [-0.05, 0) is 76.9 Å². The molecule has 10 N–H and O–H groups in total. The lowest BCUT2D eigenvalue weighted by Gasteiger charge is -2.18. The van der Waals surface area contributed by atoms with Gasteiger partial charge in [0.2, 0.25) is 12.2 Å². The van der Waals surface area contributed by atoms with Crippen molar-refractivity contribution in [3.63, 3.8) is 0 Å². The first-order valence-corrected chi connectivity index (χ1v) is 14.9. The maximum Gasteiger partial charge on any atom is 0.345 e. The second-order valence-corrected chi connectivity index (χ2v) is 11.1. The second kappa shape index (κ2) is 15.9. The van der Waals surface area contributed by atoms with E-state index >= 15 is 0 Å². The Labute approximate surface area is 292 Å². The average molecular weight is 719 g/mol. The fraction of sp³-hybridized carbons (Fsp3) is 0.111. The summed E-state index contributed by atoms with van der Waals surface area (Å²) < 4.78 is 10.3. The molecule has 0 aliphatic carbocycles. The number of phenolic OH excluding ortho intramolecular Hbond substituents is 8. The van der Waals surface area contributed by atoms with Gasteiger partial charge in [-0.25, -0.2) is 19.2 Å². The molecule has 0 spiro atoms. The number of hydrogen-bond acceptors (Lipinski definition) is 14. The number of hydrogen-bond donors (Lipinski definition) is 10. The molecule has 4 aromatic rings. The van der Waals surface area contributed by atoms with Crippen molar-refractivity contribution in [2.75, 3.05) is 0 Å². The minimum atomic E-state index is -1.93. The van der Waals surface area contributed by atoms with Crippen molar-refractivity contribution in [2.45, 2.75) is 25.0 Å². The number of carbonyl (C=O) groups is 4. The van der Waals surface area contributed by atoms with Gasteiger partial charge in [0.25, 0.3) is 0 Å². The number of aromatic hydroxyl groups is 8. The standard InChI is InChI=1S/C36H30O16/c37-22-6-1-17(12-26(22)41)11-21(36(50)52-30(35(48)49)16-19-3-8-24(39)28(43)14-19)32-20(4-9-25(40)33(32)45)5-10-31(44)51-29(34(46)47)15-18-2-7-23(38)27(42)13-18/h1-14,29-30,37-43,45H,15-16H2,(H,46,47)(H,48,49)/b10-5+,21-11-. The van der Waals surface area contributed by atoms with Gasteiger partial charge in [0.1, 0.15) is 0 Å². The molecule has 0 saturated heterocycles. The zero-order chi connectivity index (χ0) is 38.3. The molecular formula is C36H30O16. The zero-order valence-electron chi connectivity index (χ0n) is 26.6. The van der Waals surface area contributed by atoms with Crippen LogP contribution < -0.4 is 0 Å². The topological polar surface area (TPSA) is 289 Å². The molecule has 2 atom stereocenters. The van der Waals surface area contributed by atoms with Crippen LogP contribution in [-0.2, 0) is 41.5 Å². The number of phenols is 8. The van der Waals surface area contributed by atoms with Crippen LogP contribution >= 0.6 is 0 Å². The van der Waals surface area contributed by atoms with Crippen molar-refractivity contribution in [3.05, 3.63) is 101 Å². The molecule has 0 fully saturated rings. The number of ether oxygens (including phenoxy) is 2. The number of aliphatic carboxylic acids is 2. The molecule has 2 unspecified atom stereocenters. The van der Waals surface area contributed by atoms with Gasteiger partial charge in [0, 0.05) is 24.5 Å². The highest BCUT2D eigenvalue weighted by Crippen LogP contribution is 2.39. The predicted molar refractivity (Wildman–Crippen MR) is 178 cm³/mol. The van der Waals surface area contributed by atoms with Crippen LogP contribution in [0.1, 0.15) is 27.8 Å². The van der Waals surface area contributed by atoms with Crippen molar-refractivity contribution in [2.24, 2.45) is 0 Å². The molecular weight excluding hydrogens is 688 g/mol. The Morgan fingerprint density at radius 1 is 0.577 bits per heavy atom. The van der Waals surface area contributed by atoms with E-state index in [0.29, 0.717) is 0 Å². The third-order valence-corrected chi connectivity index (χ3v) is 7.37. The summed E-state index contributed by atoms with van der Waals surface area (Å²) in [5, 5.41) is 99.3. The predicted octanol–water partition coefficient (Wildman–Crippen LogP) is 3.36. The van der Waals surface area contributed by atoms with E-state index in [9.17, 15) is 70.2 Å². The van der Waals surface area contributed by atoms with Gasteiger partial charge in [-0.15, -0.1) is 0 Å². The summed E-state index contributed by atoms with van der Waals surface area (Å²) in [6.07, 6.45) is -1.92. The number of esters is 2. The Morgan fingerprint density at radius 2 is 1.06 bits per heavy atom. The van der Waals surface area contributed by atoms with Crippen molar-refractivity contribution in [1.82, 2.24) is 0 Å². The highest BCUT2D eigenvalue weighted by molar-refractivity contribution is 6.24. The highest BCUT2D eigenvalue weighted by atomic mass is 16.6. The van der Waals surface area contributed by atoms with Crippen molar-refractivity contribution < 1.29 is 79.7 Å². The molecule has 0 heterocycles. The SMILES string of the molecule is O=C(/C=C/c1ccc(O)c(O)c1/C(=C/c1ccc(O)c(O)c1)C(=O)OC(Cc1ccc(O)c(O)c1)C(=O)O)OC(Cc1ccc(O)c(O)c1)C(=O)O. The lowest BCUT2D eigenvalue weighted by atomic mass is 9.95. The van der Waals surface area contributed by atoms with Gasteiger partial charge in [0.05, 0.1) is 5.57 Å². The van der Waals surface area contributed by atoms with Gasteiger partial charge >= 0.3 is 23.9 Å². The van der Waals surface area contributed by atoms with Crippen LogP contribution in [0.2, 0.25) is 0 Å². The molecule has 0 aromatic heterocycles. The van der Waals surface area contributed by atoms with Gasteiger partial charge in [-0.3, -0.25) is 0 Å². The number of rotatable bonds is 13. The summed E-state index contributed by atoms with van der Waals surface area (Å²) in [6.45, 7) is 0. The summed E-state index contributed by atoms with van der Waals surface area (Å²) >= 11 is 0. The van der Waals surface area contributed by atoms with Crippen LogP contribution in [0.25, 0.3) is 17.7 Å². The van der Waals surface area contributed by atoms with Gasteiger partial charge in [-0.2, -0.15) is 0 Å². The monoisotopic (exact) mass is 718 g/mol. The molecule has 16 heteroatoms. The molecule has 0 amide bonds. The molecule has 0 aliphatic heterocycles.